The zero-order valence-electron chi connectivity index (χ0n) is 15.9. The van der Waals surface area contributed by atoms with E-state index in [1.807, 2.05) is 66.7 Å². The Kier molecular flexibility index (Phi) is 6.22. The van der Waals surface area contributed by atoms with E-state index in [-0.39, 0.29) is 5.91 Å². The fourth-order valence-corrected chi connectivity index (χ4v) is 2.92. The predicted molar refractivity (Wildman–Crippen MR) is 114 cm³/mol. The predicted octanol–water partition coefficient (Wildman–Crippen LogP) is 6.06. The average molecular weight is 355 g/mol. The summed E-state index contributed by atoms with van der Waals surface area (Å²) in [5.74, 6) is 0.474. The van der Waals surface area contributed by atoms with Crippen molar-refractivity contribution in [2.75, 3.05) is 4.90 Å². The SMILES string of the molecule is CC(C)c1ccc(/C=C/C(=O)N(Cc2ccccc2)c2ccccc2)cc1. The number of para-hydroxylation sites is 1. The maximum atomic E-state index is 12.9. The number of hydrogen-bond acceptors (Lipinski definition) is 1. The number of benzene rings is 3. The highest BCUT2D eigenvalue weighted by Crippen LogP contribution is 2.19. The second kappa shape index (κ2) is 9.00. The topological polar surface area (TPSA) is 20.3 Å². The van der Waals surface area contributed by atoms with Crippen molar-refractivity contribution in [1.29, 1.82) is 0 Å². The molecule has 2 heteroatoms. The lowest BCUT2D eigenvalue weighted by Crippen LogP contribution is -2.28. The summed E-state index contributed by atoms with van der Waals surface area (Å²) in [6.45, 7) is 4.89. The van der Waals surface area contributed by atoms with Crippen LogP contribution in [0.2, 0.25) is 0 Å². The first-order valence-electron chi connectivity index (χ1n) is 9.32. The van der Waals surface area contributed by atoms with Gasteiger partial charge in [-0.15, -0.1) is 0 Å². The molecule has 1 amide bonds. The standard InChI is InChI=1S/C25H25NO/c1-20(2)23-16-13-21(14-17-23)15-18-25(27)26(24-11-7-4-8-12-24)19-22-9-5-3-6-10-22/h3-18,20H,19H2,1-2H3/b18-15+. The lowest BCUT2D eigenvalue weighted by atomic mass is 10.0. The monoisotopic (exact) mass is 355 g/mol. The third-order valence-electron chi connectivity index (χ3n) is 4.54. The van der Waals surface area contributed by atoms with Crippen molar-refractivity contribution in [3.05, 3.63) is 108 Å². The minimum atomic E-state index is -0.0296. The average Bonchev–Trinajstić information content (AvgIpc) is 2.72. The second-order valence-electron chi connectivity index (χ2n) is 6.90. The van der Waals surface area contributed by atoms with Crippen LogP contribution in [0.4, 0.5) is 5.69 Å². The largest absolute Gasteiger partial charge is 0.304 e. The van der Waals surface area contributed by atoms with Gasteiger partial charge in [-0.2, -0.15) is 0 Å². The van der Waals surface area contributed by atoms with Crippen LogP contribution in [-0.2, 0) is 11.3 Å². The van der Waals surface area contributed by atoms with Crippen molar-refractivity contribution in [2.24, 2.45) is 0 Å². The molecule has 2 nitrogen and oxygen atoms in total. The van der Waals surface area contributed by atoms with Crippen molar-refractivity contribution >= 4 is 17.7 Å². The van der Waals surface area contributed by atoms with Gasteiger partial charge in [0.05, 0.1) is 6.54 Å². The van der Waals surface area contributed by atoms with Crippen LogP contribution >= 0.6 is 0 Å². The lowest BCUT2D eigenvalue weighted by Gasteiger charge is -2.21. The Hall–Kier alpha value is -3.13. The molecule has 0 aliphatic heterocycles. The molecular weight excluding hydrogens is 330 g/mol. The molecule has 0 aliphatic carbocycles. The Balaban J connectivity index is 1.80. The van der Waals surface area contributed by atoms with Crippen LogP contribution < -0.4 is 4.90 Å². The molecule has 3 rings (SSSR count). The van der Waals surface area contributed by atoms with Crippen molar-refractivity contribution in [2.45, 2.75) is 26.3 Å². The molecule has 0 heterocycles. The number of carbonyl (C=O) groups excluding carboxylic acids is 1. The van der Waals surface area contributed by atoms with Crippen molar-refractivity contribution < 1.29 is 4.79 Å². The molecule has 0 radical (unpaired) electrons. The molecule has 0 atom stereocenters. The number of amides is 1. The summed E-state index contributed by atoms with van der Waals surface area (Å²) in [5.41, 5.74) is 4.32. The van der Waals surface area contributed by atoms with Crippen LogP contribution in [0.25, 0.3) is 6.08 Å². The van der Waals surface area contributed by atoms with Gasteiger partial charge in [-0.1, -0.05) is 86.6 Å². The number of carbonyl (C=O) groups is 1. The van der Waals surface area contributed by atoms with E-state index in [0.29, 0.717) is 12.5 Å². The van der Waals surface area contributed by atoms with Crippen LogP contribution in [0.1, 0.15) is 36.5 Å². The summed E-state index contributed by atoms with van der Waals surface area (Å²) in [4.78, 5) is 14.7. The minimum absolute atomic E-state index is 0.0296. The van der Waals surface area contributed by atoms with Crippen molar-refractivity contribution in [1.82, 2.24) is 0 Å². The summed E-state index contributed by atoms with van der Waals surface area (Å²) < 4.78 is 0. The van der Waals surface area contributed by atoms with Gasteiger partial charge >= 0.3 is 0 Å². The molecule has 0 unspecified atom stereocenters. The van der Waals surface area contributed by atoms with E-state index in [1.54, 1.807) is 11.0 Å². The van der Waals surface area contributed by atoms with E-state index in [1.165, 1.54) is 5.56 Å². The third kappa shape index (κ3) is 5.18. The Bertz CT molecular complexity index is 881. The van der Waals surface area contributed by atoms with Crippen LogP contribution in [0.3, 0.4) is 0 Å². The molecule has 0 spiro atoms. The maximum absolute atomic E-state index is 12.9. The molecule has 0 aromatic heterocycles. The highest BCUT2D eigenvalue weighted by molar-refractivity contribution is 6.03. The highest BCUT2D eigenvalue weighted by atomic mass is 16.2. The molecule has 0 saturated carbocycles. The van der Waals surface area contributed by atoms with E-state index in [4.69, 9.17) is 0 Å². The summed E-state index contributed by atoms with van der Waals surface area (Å²) in [5, 5.41) is 0. The molecule has 0 aliphatic rings. The van der Waals surface area contributed by atoms with E-state index in [9.17, 15) is 4.79 Å². The second-order valence-corrected chi connectivity index (χ2v) is 6.90. The lowest BCUT2D eigenvalue weighted by molar-refractivity contribution is -0.114. The van der Waals surface area contributed by atoms with E-state index >= 15 is 0 Å². The molecule has 3 aromatic rings. The van der Waals surface area contributed by atoms with Gasteiger partial charge < -0.3 is 4.90 Å². The quantitative estimate of drug-likeness (QED) is 0.492. The van der Waals surface area contributed by atoms with Gasteiger partial charge in [0.2, 0.25) is 0 Å². The highest BCUT2D eigenvalue weighted by Gasteiger charge is 2.13. The number of rotatable bonds is 6. The summed E-state index contributed by atoms with van der Waals surface area (Å²) in [6.07, 6.45) is 3.54. The molecule has 136 valence electrons. The zero-order valence-corrected chi connectivity index (χ0v) is 15.9. The van der Waals surface area contributed by atoms with Gasteiger partial charge in [0.1, 0.15) is 0 Å². The number of anilines is 1. The first-order valence-corrected chi connectivity index (χ1v) is 9.32. The molecule has 0 N–H and O–H groups in total. The Morgan fingerprint density at radius 3 is 2.04 bits per heavy atom. The molecule has 27 heavy (non-hydrogen) atoms. The van der Waals surface area contributed by atoms with Gasteiger partial charge in [0.25, 0.3) is 5.91 Å². The van der Waals surface area contributed by atoms with Crippen LogP contribution in [0, 0.1) is 0 Å². The van der Waals surface area contributed by atoms with Gasteiger partial charge in [-0.25, -0.2) is 0 Å². The summed E-state index contributed by atoms with van der Waals surface area (Å²) in [7, 11) is 0. The first-order chi connectivity index (χ1) is 13.1. The Morgan fingerprint density at radius 1 is 0.852 bits per heavy atom. The summed E-state index contributed by atoms with van der Waals surface area (Å²) >= 11 is 0. The first kappa shape index (κ1) is 18.7. The molecular formula is C25H25NO. The Morgan fingerprint density at radius 2 is 1.44 bits per heavy atom. The smallest absolute Gasteiger partial charge is 0.251 e. The van der Waals surface area contributed by atoms with E-state index in [2.05, 4.69) is 38.1 Å². The van der Waals surface area contributed by atoms with Crippen LogP contribution in [0.15, 0.2) is 91.0 Å². The van der Waals surface area contributed by atoms with Crippen LogP contribution in [0.5, 0.6) is 0 Å². The van der Waals surface area contributed by atoms with Crippen molar-refractivity contribution in [3.63, 3.8) is 0 Å². The van der Waals surface area contributed by atoms with Gasteiger partial charge in [0.15, 0.2) is 0 Å². The van der Waals surface area contributed by atoms with Crippen molar-refractivity contribution in [3.8, 4) is 0 Å². The van der Waals surface area contributed by atoms with Crippen LogP contribution in [-0.4, -0.2) is 5.91 Å². The van der Waals surface area contributed by atoms with Gasteiger partial charge in [0, 0.05) is 11.8 Å². The fourth-order valence-electron chi connectivity index (χ4n) is 2.92. The molecule has 0 fully saturated rings. The number of hydrogen-bond donors (Lipinski definition) is 0. The van der Waals surface area contributed by atoms with Gasteiger partial charge in [-0.05, 0) is 40.8 Å². The fraction of sp³-hybridized carbons (Fsp3) is 0.160. The molecule has 0 saturated heterocycles. The molecule has 0 bridgehead atoms. The van der Waals surface area contributed by atoms with E-state index < -0.39 is 0 Å². The normalized spacial score (nSPS) is 11.1. The number of nitrogens with zero attached hydrogens (tertiary/aromatic N) is 1. The Labute approximate surface area is 161 Å². The van der Waals surface area contributed by atoms with E-state index in [0.717, 1.165) is 16.8 Å². The third-order valence-corrected chi connectivity index (χ3v) is 4.54. The maximum Gasteiger partial charge on any atom is 0.251 e. The minimum Gasteiger partial charge on any atom is -0.304 e. The summed E-state index contributed by atoms with van der Waals surface area (Å²) in [6, 6.07) is 28.2. The zero-order chi connectivity index (χ0) is 19.1. The van der Waals surface area contributed by atoms with Gasteiger partial charge in [-0.3, -0.25) is 4.79 Å². The molecule has 3 aromatic carbocycles.